The van der Waals surface area contributed by atoms with Gasteiger partial charge in [-0.1, -0.05) is 23.7 Å². The number of hydrogen-bond acceptors (Lipinski definition) is 7. The lowest BCUT2D eigenvalue weighted by atomic mass is 9.97. The number of benzene rings is 1. The van der Waals surface area contributed by atoms with Crippen molar-refractivity contribution in [2.24, 2.45) is 5.92 Å². The standard InChI is InChI=1S/C27H24ClN7O3/c1-15(36)25-20-10-16(18-11-29-14-30-12-18)6-8-21(20)34(33-25)13-24(37)35-19-7-5-17(9-19)26(35)27(38)32-23-4-2-3-22(28)31-23/h2-4,6,8,10-12,14,17,19,26H,5,7,9,13H2,1H3,(H,31,32,38)/t17-,19+,26-/m0/s1. The fourth-order valence-electron chi connectivity index (χ4n) is 5.76. The van der Waals surface area contributed by atoms with Crippen LogP contribution in [0.15, 0.2) is 55.1 Å². The number of fused-ring (bicyclic) bond motifs is 3. The van der Waals surface area contributed by atoms with E-state index < -0.39 is 6.04 Å². The molecule has 1 N–H and O–H groups in total. The predicted octanol–water partition coefficient (Wildman–Crippen LogP) is 3.76. The number of amides is 2. The number of rotatable bonds is 6. The number of hydrogen-bond donors (Lipinski definition) is 1. The van der Waals surface area contributed by atoms with Gasteiger partial charge in [-0.25, -0.2) is 15.0 Å². The van der Waals surface area contributed by atoms with Crippen LogP contribution >= 0.6 is 11.6 Å². The van der Waals surface area contributed by atoms with Crippen molar-refractivity contribution < 1.29 is 14.4 Å². The summed E-state index contributed by atoms with van der Waals surface area (Å²) in [6, 6.07) is 10.00. The Labute approximate surface area is 223 Å². The Balaban J connectivity index is 1.29. The van der Waals surface area contributed by atoms with Crippen molar-refractivity contribution in [2.45, 2.75) is 44.8 Å². The number of halogens is 1. The van der Waals surface area contributed by atoms with Crippen LogP contribution in [0.25, 0.3) is 22.0 Å². The van der Waals surface area contributed by atoms with Crippen LogP contribution in [0.4, 0.5) is 5.82 Å². The third-order valence-corrected chi connectivity index (χ3v) is 7.58. The molecule has 6 rings (SSSR count). The molecule has 1 aromatic carbocycles. The first kappa shape index (κ1) is 24.2. The van der Waals surface area contributed by atoms with E-state index in [1.165, 1.54) is 13.3 Å². The van der Waals surface area contributed by atoms with Gasteiger partial charge in [0, 0.05) is 36.3 Å². The van der Waals surface area contributed by atoms with E-state index in [1.54, 1.807) is 40.2 Å². The molecule has 192 valence electrons. The summed E-state index contributed by atoms with van der Waals surface area (Å²) in [6.45, 7) is 1.37. The van der Waals surface area contributed by atoms with E-state index >= 15 is 0 Å². The van der Waals surface area contributed by atoms with E-state index in [-0.39, 0.29) is 46.9 Å². The number of anilines is 1. The van der Waals surface area contributed by atoms with Gasteiger partial charge in [0.05, 0.1) is 5.52 Å². The smallest absolute Gasteiger partial charge is 0.248 e. The highest BCUT2D eigenvalue weighted by molar-refractivity contribution is 6.29. The first-order valence-corrected chi connectivity index (χ1v) is 12.8. The first-order chi connectivity index (χ1) is 18.4. The molecular weight excluding hydrogens is 506 g/mol. The third kappa shape index (κ3) is 4.30. The summed E-state index contributed by atoms with van der Waals surface area (Å²) in [4.78, 5) is 53.4. The second-order valence-corrected chi connectivity index (χ2v) is 10.1. The SMILES string of the molecule is CC(=O)c1nn(CC(=O)N2[C@@H]3CC[C@@H](C3)[C@H]2C(=O)Nc2cccc(Cl)n2)c2ccc(-c3cncnc3)cc12. The molecule has 0 unspecified atom stereocenters. The van der Waals surface area contributed by atoms with Crippen LogP contribution < -0.4 is 5.32 Å². The summed E-state index contributed by atoms with van der Waals surface area (Å²) < 4.78 is 1.55. The van der Waals surface area contributed by atoms with Gasteiger partial charge in [0.25, 0.3) is 0 Å². The van der Waals surface area contributed by atoms with E-state index in [0.29, 0.717) is 16.7 Å². The zero-order valence-electron chi connectivity index (χ0n) is 20.5. The molecule has 2 fully saturated rings. The van der Waals surface area contributed by atoms with Gasteiger partial charge in [-0.05, 0) is 55.0 Å². The minimum atomic E-state index is -0.596. The largest absolute Gasteiger partial charge is 0.326 e. The van der Waals surface area contributed by atoms with Crippen molar-refractivity contribution in [2.75, 3.05) is 5.32 Å². The second kappa shape index (κ2) is 9.60. The molecule has 3 atom stereocenters. The van der Waals surface area contributed by atoms with Crippen molar-refractivity contribution in [1.29, 1.82) is 0 Å². The fourth-order valence-corrected chi connectivity index (χ4v) is 5.92. The van der Waals surface area contributed by atoms with E-state index in [2.05, 4.69) is 25.4 Å². The highest BCUT2D eigenvalue weighted by Gasteiger charge is 2.51. The zero-order valence-corrected chi connectivity index (χ0v) is 21.3. The summed E-state index contributed by atoms with van der Waals surface area (Å²) >= 11 is 5.97. The Morgan fingerprint density at radius 3 is 2.66 bits per heavy atom. The number of ketones is 1. The monoisotopic (exact) mass is 529 g/mol. The maximum absolute atomic E-state index is 13.7. The Bertz CT molecular complexity index is 1570. The van der Waals surface area contributed by atoms with Crippen molar-refractivity contribution >= 4 is 45.9 Å². The topological polar surface area (TPSA) is 123 Å². The summed E-state index contributed by atoms with van der Waals surface area (Å²) in [6.07, 6.45) is 7.38. The van der Waals surface area contributed by atoms with Crippen LogP contribution in [0.5, 0.6) is 0 Å². The van der Waals surface area contributed by atoms with E-state index in [9.17, 15) is 14.4 Å². The van der Waals surface area contributed by atoms with E-state index in [4.69, 9.17) is 11.6 Å². The third-order valence-electron chi connectivity index (χ3n) is 7.37. The molecular formula is C27H24ClN7O3. The highest BCUT2D eigenvalue weighted by atomic mass is 35.5. The van der Waals surface area contributed by atoms with Gasteiger partial charge in [0.15, 0.2) is 5.78 Å². The Kier molecular flexibility index (Phi) is 6.11. The molecule has 0 spiro atoms. The Morgan fingerprint density at radius 2 is 1.89 bits per heavy atom. The van der Waals surface area contributed by atoms with Gasteiger partial charge in [-0.3, -0.25) is 19.1 Å². The van der Waals surface area contributed by atoms with Crippen molar-refractivity contribution in [3.05, 3.63) is 66.0 Å². The predicted molar refractivity (Wildman–Crippen MR) is 140 cm³/mol. The van der Waals surface area contributed by atoms with Crippen LogP contribution in [0.1, 0.15) is 36.7 Å². The number of piperidine rings is 1. The first-order valence-electron chi connectivity index (χ1n) is 12.4. The van der Waals surface area contributed by atoms with Gasteiger partial charge in [0.2, 0.25) is 11.8 Å². The molecule has 1 aliphatic carbocycles. The van der Waals surface area contributed by atoms with Gasteiger partial charge < -0.3 is 10.2 Å². The van der Waals surface area contributed by atoms with Gasteiger partial charge in [-0.2, -0.15) is 5.10 Å². The fraction of sp³-hybridized carbons (Fsp3) is 0.296. The number of likely N-dealkylation sites (tertiary alicyclic amines) is 1. The van der Waals surface area contributed by atoms with Gasteiger partial charge in [-0.15, -0.1) is 0 Å². The molecule has 3 aromatic heterocycles. The average molecular weight is 530 g/mol. The zero-order chi connectivity index (χ0) is 26.4. The number of carbonyl (C=O) groups is 3. The molecule has 4 aromatic rings. The second-order valence-electron chi connectivity index (χ2n) is 9.73. The number of nitrogens with zero attached hydrogens (tertiary/aromatic N) is 6. The summed E-state index contributed by atoms with van der Waals surface area (Å²) in [5.74, 6) is -0.252. The molecule has 2 aliphatic rings. The van der Waals surface area contributed by atoms with Crippen molar-refractivity contribution in [1.82, 2.24) is 29.6 Å². The molecule has 2 amide bonds. The van der Waals surface area contributed by atoms with Crippen molar-refractivity contribution in [3.63, 3.8) is 0 Å². The van der Waals surface area contributed by atoms with Crippen LogP contribution in [-0.2, 0) is 16.1 Å². The molecule has 1 aliphatic heterocycles. The number of carbonyl (C=O) groups excluding carboxylic acids is 3. The number of nitrogens with one attached hydrogen (secondary N) is 1. The molecule has 11 heteroatoms. The maximum atomic E-state index is 13.7. The Hall–Kier alpha value is -4.18. The quantitative estimate of drug-likeness (QED) is 0.298. The number of Topliss-reactive ketones (excluding diaryl/α,β-unsaturated/α-hetero) is 1. The van der Waals surface area contributed by atoms with Crippen LogP contribution in [0, 0.1) is 5.92 Å². The van der Waals surface area contributed by atoms with Crippen LogP contribution in [-0.4, -0.2) is 59.3 Å². The molecule has 4 heterocycles. The van der Waals surface area contributed by atoms with Crippen molar-refractivity contribution in [3.8, 4) is 11.1 Å². The maximum Gasteiger partial charge on any atom is 0.248 e. The lowest BCUT2D eigenvalue weighted by Crippen LogP contribution is -2.52. The minimum absolute atomic E-state index is 0.00522. The summed E-state index contributed by atoms with van der Waals surface area (Å²) in [5, 5.41) is 8.26. The molecule has 0 radical (unpaired) electrons. The normalized spacial score (nSPS) is 20.2. The average Bonchev–Trinajstić information content (AvgIpc) is 3.62. The molecule has 2 bridgehead atoms. The lowest BCUT2D eigenvalue weighted by molar-refractivity contribution is -0.141. The Morgan fingerprint density at radius 1 is 1.08 bits per heavy atom. The molecule has 1 saturated carbocycles. The minimum Gasteiger partial charge on any atom is -0.326 e. The van der Waals surface area contributed by atoms with E-state index in [1.807, 2.05) is 18.2 Å². The summed E-state index contributed by atoms with van der Waals surface area (Å²) in [7, 11) is 0. The van der Waals surface area contributed by atoms with Crippen LogP contribution in [0.2, 0.25) is 5.15 Å². The molecule has 1 saturated heterocycles. The van der Waals surface area contributed by atoms with Gasteiger partial charge >= 0.3 is 0 Å². The van der Waals surface area contributed by atoms with E-state index in [0.717, 1.165) is 30.4 Å². The highest BCUT2D eigenvalue weighted by Crippen LogP contribution is 2.43. The van der Waals surface area contributed by atoms with Crippen LogP contribution in [0.3, 0.4) is 0 Å². The number of pyridine rings is 1. The summed E-state index contributed by atoms with van der Waals surface area (Å²) in [5.41, 5.74) is 2.60. The van der Waals surface area contributed by atoms with Gasteiger partial charge in [0.1, 0.15) is 35.6 Å². The molecule has 10 nitrogen and oxygen atoms in total. The number of aromatic nitrogens is 5. The lowest BCUT2D eigenvalue weighted by Gasteiger charge is -2.34. The molecule has 38 heavy (non-hydrogen) atoms.